The summed E-state index contributed by atoms with van der Waals surface area (Å²) in [5.41, 5.74) is 5.91. The number of benzene rings is 1. The van der Waals surface area contributed by atoms with Crippen molar-refractivity contribution in [1.82, 2.24) is 4.72 Å². The summed E-state index contributed by atoms with van der Waals surface area (Å²) in [4.78, 5) is -0.0686. The maximum atomic E-state index is 13.2. The highest BCUT2D eigenvalue weighted by Crippen LogP contribution is 2.17. The monoisotopic (exact) mass is 288 g/mol. The van der Waals surface area contributed by atoms with Gasteiger partial charge in [-0.3, -0.25) is 0 Å². The van der Waals surface area contributed by atoms with Crippen LogP contribution in [0.25, 0.3) is 0 Å². The number of sulfonamides is 1. The Hall–Kier alpha value is -0.980. The van der Waals surface area contributed by atoms with Crippen molar-refractivity contribution in [3.8, 4) is 0 Å². The Labute approximate surface area is 114 Å². The SMILES string of the molecule is CCC(CC)CNS(=O)(=O)c1cc(F)ccc1CN. The van der Waals surface area contributed by atoms with Crippen molar-refractivity contribution in [2.24, 2.45) is 11.7 Å². The van der Waals surface area contributed by atoms with E-state index in [0.717, 1.165) is 18.9 Å². The van der Waals surface area contributed by atoms with E-state index in [1.54, 1.807) is 0 Å². The van der Waals surface area contributed by atoms with Gasteiger partial charge < -0.3 is 5.73 Å². The van der Waals surface area contributed by atoms with Gasteiger partial charge in [-0.05, 0) is 23.6 Å². The van der Waals surface area contributed by atoms with Crippen molar-refractivity contribution in [2.45, 2.75) is 38.1 Å². The first-order valence-electron chi connectivity index (χ1n) is 6.42. The second kappa shape index (κ2) is 6.98. The molecule has 19 heavy (non-hydrogen) atoms. The maximum absolute atomic E-state index is 13.2. The summed E-state index contributed by atoms with van der Waals surface area (Å²) < 4.78 is 40.1. The van der Waals surface area contributed by atoms with Crippen molar-refractivity contribution in [3.05, 3.63) is 29.6 Å². The van der Waals surface area contributed by atoms with Gasteiger partial charge in [0.1, 0.15) is 5.82 Å². The van der Waals surface area contributed by atoms with Gasteiger partial charge in [0.25, 0.3) is 0 Å². The summed E-state index contributed by atoms with van der Waals surface area (Å²) in [6.45, 7) is 4.43. The molecule has 0 saturated carbocycles. The van der Waals surface area contributed by atoms with Crippen LogP contribution >= 0.6 is 0 Å². The zero-order chi connectivity index (χ0) is 14.5. The normalized spacial score (nSPS) is 12.1. The third kappa shape index (κ3) is 4.26. The molecular formula is C13H21FN2O2S. The number of hydrogen-bond donors (Lipinski definition) is 2. The van der Waals surface area contributed by atoms with E-state index < -0.39 is 15.8 Å². The fourth-order valence-electron chi connectivity index (χ4n) is 1.83. The molecule has 0 radical (unpaired) electrons. The predicted octanol–water partition coefficient (Wildman–Crippen LogP) is 2.00. The average Bonchev–Trinajstić information content (AvgIpc) is 2.39. The first-order chi connectivity index (χ1) is 8.94. The summed E-state index contributed by atoms with van der Waals surface area (Å²) in [6, 6.07) is 3.63. The highest BCUT2D eigenvalue weighted by Gasteiger charge is 2.19. The molecule has 0 aliphatic carbocycles. The molecule has 108 valence electrons. The zero-order valence-corrected chi connectivity index (χ0v) is 12.1. The lowest BCUT2D eigenvalue weighted by Crippen LogP contribution is -2.30. The molecule has 0 heterocycles. The summed E-state index contributed by atoms with van der Waals surface area (Å²) >= 11 is 0. The highest BCUT2D eigenvalue weighted by atomic mass is 32.2. The molecule has 0 aliphatic heterocycles. The van der Waals surface area contributed by atoms with Crippen LogP contribution in [0.5, 0.6) is 0 Å². The van der Waals surface area contributed by atoms with Gasteiger partial charge in [0.15, 0.2) is 0 Å². The Kier molecular flexibility index (Phi) is 5.90. The molecular weight excluding hydrogens is 267 g/mol. The third-order valence-corrected chi connectivity index (χ3v) is 4.76. The Morgan fingerprint density at radius 2 is 1.95 bits per heavy atom. The lowest BCUT2D eigenvalue weighted by Gasteiger charge is -2.15. The first-order valence-corrected chi connectivity index (χ1v) is 7.91. The van der Waals surface area contributed by atoms with E-state index in [1.165, 1.54) is 12.1 Å². The van der Waals surface area contributed by atoms with Gasteiger partial charge in [-0.1, -0.05) is 32.8 Å². The number of halogens is 1. The van der Waals surface area contributed by atoms with Gasteiger partial charge in [0.2, 0.25) is 10.0 Å². The van der Waals surface area contributed by atoms with Crippen molar-refractivity contribution < 1.29 is 12.8 Å². The van der Waals surface area contributed by atoms with Crippen molar-refractivity contribution >= 4 is 10.0 Å². The predicted molar refractivity (Wildman–Crippen MR) is 73.6 cm³/mol. The lowest BCUT2D eigenvalue weighted by atomic mass is 10.0. The quantitative estimate of drug-likeness (QED) is 0.806. The topological polar surface area (TPSA) is 72.2 Å². The number of nitrogens with two attached hydrogens (primary N) is 1. The van der Waals surface area contributed by atoms with E-state index in [9.17, 15) is 12.8 Å². The summed E-state index contributed by atoms with van der Waals surface area (Å²) in [5.74, 6) is -0.301. The standard InChI is InChI=1S/C13H21FN2O2S/c1-3-10(4-2)9-16-19(17,18)13-7-12(14)6-5-11(13)8-15/h5-7,10,16H,3-4,8-9,15H2,1-2H3. The Morgan fingerprint density at radius 3 is 2.47 bits per heavy atom. The highest BCUT2D eigenvalue weighted by molar-refractivity contribution is 7.89. The molecule has 0 aromatic heterocycles. The molecule has 1 rings (SSSR count). The van der Waals surface area contributed by atoms with Gasteiger partial charge in [0, 0.05) is 13.1 Å². The van der Waals surface area contributed by atoms with Gasteiger partial charge in [-0.2, -0.15) is 0 Å². The molecule has 0 saturated heterocycles. The molecule has 0 spiro atoms. The maximum Gasteiger partial charge on any atom is 0.241 e. The molecule has 0 bridgehead atoms. The second-order valence-corrected chi connectivity index (χ2v) is 6.23. The van der Waals surface area contributed by atoms with Crippen LogP contribution in [-0.2, 0) is 16.6 Å². The van der Waals surface area contributed by atoms with Crippen molar-refractivity contribution in [1.29, 1.82) is 0 Å². The van der Waals surface area contributed by atoms with Crippen LogP contribution in [-0.4, -0.2) is 15.0 Å². The van der Waals surface area contributed by atoms with Gasteiger partial charge in [-0.25, -0.2) is 17.5 Å². The summed E-state index contributed by atoms with van der Waals surface area (Å²) in [6.07, 6.45) is 1.79. The van der Waals surface area contributed by atoms with Crippen LogP contribution in [0.2, 0.25) is 0 Å². The zero-order valence-electron chi connectivity index (χ0n) is 11.3. The molecule has 3 N–H and O–H groups in total. The van der Waals surface area contributed by atoms with Crippen LogP contribution in [0, 0.1) is 11.7 Å². The third-order valence-electron chi connectivity index (χ3n) is 3.26. The minimum atomic E-state index is -3.71. The fraction of sp³-hybridized carbons (Fsp3) is 0.538. The van der Waals surface area contributed by atoms with Crippen LogP contribution < -0.4 is 10.5 Å². The molecule has 1 aromatic rings. The Bertz CT molecular complexity index is 513. The molecule has 4 nitrogen and oxygen atoms in total. The molecule has 6 heteroatoms. The smallest absolute Gasteiger partial charge is 0.241 e. The fourth-order valence-corrected chi connectivity index (χ4v) is 3.20. The largest absolute Gasteiger partial charge is 0.326 e. The van der Waals surface area contributed by atoms with Gasteiger partial charge >= 0.3 is 0 Å². The number of rotatable bonds is 7. The Balaban J connectivity index is 2.97. The first kappa shape index (κ1) is 16.1. The van der Waals surface area contributed by atoms with E-state index in [2.05, 4.69) is 4.72 Å². The lowest BCUT2D eigenvalue weighted by molar-refractivity contribution is 0.478. The molecule has 0 atom stereocenters. The number of nitrogens with one attached hydrogen (secondary N) is 1. The molecule has 1 aromatic carbocycles. The summed E-state index contributed by atoms with van der Waals surface area (Å²) in [5, 5.41) is 0. The van der Waals surface area contributed by atoms with Crippen LogP contribution in [0.3, 0.4) is 0 Å². The van der Waals surface area contributed by atoms with Crippen LogP contribution in [0.15, 0.2) is 23.1 Å². The van der Waals surface area contributed by atoms with Crippen LogP contribution in [0.1, 0.15) is 32.3 Å². The molecule has 0 unspecified atom stereocenters. The molecule has 0 amide bonds. The molecule has 0 fully saturated rings. The minimum Gasteiger partial charge on any atom is -0.326 e. The van der Waals surface area contributed by atoms with Crippen molar-refractivity contribution in [2.75, 3.05) is 6.54 Å². The van der Waals surface area contributed by atoms with E-state index in [1.807, 2.05) is 13.8 Å². The van der Waals surface area contributed by atoms with Crippen molar-refractivity contribution in [3.63, 3.8) is 0 Å². The van der Waals surface area contributed by atoms with Gasteiger partial charge in [0.05, 0.1) is 4.90 Å². The van der Waals surface area contributed by atoms with E-state index in [4.69, 9.17) is 5.73 Å². The Morgan fingerprint density at radius 1 is 1.32 bits per heavy atom. The average molecular weight is 288 g/mol. The van der Waals surface area contributed by atoms with Crippen LogP contribution in [0.4, 0.5) is 4.39 Å². The number of hydrogen-bond acceptors (Lipinski definition) is 3. The van der Waals surface area contributed by atoms with E-state index in [0.29, 0.717) is 12.1 Å². The second-order valence-electron chi connectivity index (χ2n) is 4.49. The minimum absolute atomic E-state index is 0.0571. The van der Waals surface area contributed by atoms with E-state index in [-0.39, 0.29) is 17.4 Å². The molecule has 0 aliphatic rings. The van der Waals surface area contributed by atoms with Gasteiger partial charge in [-0.15, -0.1) is 0 Å². The summed E-state index contributed by atoms with van der Waals surface area (Å²) in [7, 11) is -3.71. The van der Waals surface area contributed by atoms with E-state index >= 15 is 0 Å².